The second kappa shape index (κ2) is 6.84. The summed E-state index contributed by atoms with van der Waals surface area (Å²) in [4.78, 5) is 12.8. The van der Waals surface area contributed by atoms with Crippen LogP contribution in [0.5, 0.6) is 0 Å². The van der Waals surface area contributed by atoms with Crippen LogP contribution in [-0.2, 0) is 17.1 Å². The lowest BCUT2D eigenvalue weighted by Crippen LogP contribution is -2.25. The molecule has 0 bridgehead atoms. The Kier molecular flexibility index (Phi) is 4.60. The number of anilines is 1. The number of hydrogen-bond acceptors (Lipinski definition) is 4. The SMILES string of the molecule is Cn1nc2cc(S(=O)(=O)NC3CC3)ccc2c1C(=O)Nc1ccc(F)c(Cl)c1. The van der Waals surface area contributed by atoms with E-state index in [0.29, 0.717) is 16.6 Å². The summed E-state index contributed by atoms with van der Waals surface area (Å²) in [5.74, 6) is -1.06. The Balaban J connectivity index is 1.66. The van der Waals surface area contributed by atoms with Crippen molar-refractivity contribution in [3.8, 4) is 0 Å². The molecule has 1 aliphatic rings. The fourth-order valence-electron chi connectivity index (χ4n) is 2.87. The Bertz CT molecular complexity index is 1210. The summed E-state index contributed by atoms with van der Waals surface area (Å²) in [7, 11) is -2.03. The summed E-state index contributed by atoms with van der Waals surface area (Å²) in [5, 5.41) is 7.29. The lowest BCUT2D eigenvalue weighted by Gasteiger charge is -2.07. The van der Waals surface area contributed by atoms with Gasteiger partial charge in [-0.15, -0.1) is 0 Å². The van der Waals surface area contributed by atoms with Crippen LogP contribution in [0.2, 0.25) is 5.02 Å². The molecule has 1 saturated carbocycles. The summed E-state index contributed by atoms with van der Waals surface area (Å²) >= 11 is 5.74. The number of carbonyl (C=O) groups excluding carboxylic acids is 1. The second-order valence-electron chi connectivity index (χ2n) is 6.63. The van der Waals surface area contributed by atoms with E-state index >= 15 is 0 Å². The van der Waals surface area contributed by atoms with Gasteiger partial charge in [0.25, 0.3) is 5.91 Å². The molecule has 1 aromatic heterocycles. The largest absolute Gasteiger partial charge is 0.321 e. The van der Waals surface area contributed by atoms with Crippen molar-refractivity contribution in [1.82, 2.24) is 14.5 Å². The Hall–Kier alpha value is -2.49. The van der Waals surface area contributed by atoms with E-state index in [0.717, 1.165) is 18.9 Å². The number of aromatic nitrogens is 2. The molecule has 0 spiro atoms. The third-order valence-corrected chi connectivity index (χ3v) is 6.22. The molecule has 146 valence electrons. The predicted molar refractivity (Wildman–Crippen MR) is 103 cm³/mol. The van der Waals surface area contributed by atoms with Gasteiger partial charge in [-0.2, -0.15) is 5.10 Å². The minimum Gasteiger partial charge on any atom is -0.321 e. The molecule has 2 aromatic carbocycles. The van der Waals surface area contributed by atoms with Gasteiger partial charge in [-0.3, -0.25) is 9.48 Å². The molecule has 1 heterocycles. The summed E-state index contributed by atoms with van der Waals surface area (Å²) in [5.41, 5.74) is 0.955. The normalized spacial score (nSPS) is 14.4. The molecule has 28 heavy (non-hydrogen) atoms. The van der Waals surface area contributed by atoms with Gasteiger partial charge in [0.05, 0.1) is 15.4 Å². The van der Waals surface area contributed by atoms with Gasteiger partial charge < -0.3 is 5.32 Å². The van der Waals surface area contributed by atoms with Crippen molar-refractivity contribution >= 4 is 44.1 Å². The van der Waals surface area contributed by atoms with Gasteiger partial charge in [-0.1, -0.05) is 11.6 Å². The predicted octanol–water partition coefficient (Wildman–Crippen LogP) is 3.06. The molecule has 3 aromatic rings. The smallest absolute Gasteiger partial charge is 0.274 e. The van der Waals surface area contributed by atoms with Crippen LogP contribution in [0.1, 0.15) is 23.3 Å². The molecule has 1 amide bonds. The molecule has 4 rings (SSSR count). The van der Waals surface area contributed by atoms with Gasteiger partial charge in [-0.25, -0.2) is 17.5 Å². The highest BCUT2D eigenvalue weighted by molar-refractivity contribution is 7.89. The van der Waals surface area contributed by atoms with Gasteiger partial charge in [0, 0.05) is 24.2 Å². The van der Waals surface area contributed by atoms with Gasteiger partial charge in [0.1, 0.15) is 11.5 Å². The van der Waals surface area contributed by atoms with Gasteiger partial charge in [0.15, 0.2) is 0 Å². The molecule has 1 fully saturated rings. The highest BCUT2D eigenvalue weighted by Gasteiger charge is 2.28. The number of hydrogen-bond donors (Lipinski definition) is 2. The number of nitrogens with one attached hydrogen (secondary N) is 2. The van der Waals surface area contributed by atoms with Crippen LogP contribution < -0.4 is 10.0 Å². The molecule has 0 radical (unpaired) electrons. The first kappa shape index (κ1) is 18.9. The highest BCUT2D eigenvalue weighted by atomic mass is 35.5. The maximum atomic E-state index is 13.3. The molecule has 2 N–H and O–H groups in total. The van der Waals surface area contributed by atoms with Crippen molar-refractivity contribution in [3.05, 3.63) is 52.9 Å². The zero-order valence-electron chi connectivity index (χ0n) is 14.7. The molecule has 0 aliphatic heterocycles. The Morgan fingerprint density at radius 1 is 1.25 bits per heavy atom. The van der Waals surface area contributed by atoms with Crippen molar-refractivity contribution in [2.75, 3.05) is 5.32 Å². The fourth-order valence-corrected chi connectivity index (χ4v) is 4.37. The van der Waals surface area contributed by atoms with E-state index < -0.39 is 21.7 Å². The number of sulfonamides is 1. The zero-order chi connectivity index (χ0) is 20.1. The number of carbonyl (C=O) groups is 1. The van der Waals surface area contributed by atoms with Crippen LogP contribution in [0, 0.1) is 5.82 Å². The molecule has 0 saturated heterocycles. The Morgan fingerprint density at radius 3 is 2.68 bits per heavy atom. The van der Waals surface area contributed by atoms with Gasteiger partial charge in [-0.05, 0) is 49.2 Å². The van der Waals surface area contributed by atoms with E-state index in [1.54, 1.807) is 13.1 Å². The number of nitrogens with zero attached hydrogens (tertiary/aromatic N) is 2. The number of fused-ring (bicyclic) bond motifs is 1. The third kappa shape index (κ3) is 3.60. The molecule has 1 aliphatic carbocycles. The van der Waals surface area contributed by atoms with E-state index in [4.69, 9.17) is 11.6 Å². The van der Waals surface area contributed by atoms with Crippen molar-refractivity contribution in [1.29, 1.82) is 0 Å². The van der Waals surface area contributed by atoms with E-state index in [9.17, 15) is 17.6 Å². The van der Waals surface area contributed by atoms with Gasteiger partial charge >= 0.3 is 0 Å². The first-order chi connectivity index (χ1) is 13.2. The van der Waals surface area contributed by atoms with Crippen LogP contribution >= 0.6 is 11.6 Å². The summed E-state index contributed by atoms with van der Waals surface area (Å²) in [6.07, 6.45) is 1.67. The maximum absolute atomic E-state index is 13.3. The summed E-state index contributed by atoms with van der Waals surface area (Å²) in [6.45, 7) is 0. The Morgan fingerprint density at radius 2 is 2.00 bits per heavy atom. The number of halogens is 2. The molecule has 7 nitrogen and oxygen atoms in total. The monoisotopic (exact) mass is 422 g/mol. The minimum absolute atomic E-state index is 0.00620. The van der Waals surface area contributed by atoms with Crippen LogP contribution in [0.3, 0.4) is 0 Å². The third-order valence-electron chi connectivity index (χ3n) is 4.41. The van der Waals surface area contributed by atoms with Crippen LogP contribution in [0.4, 0.5) is 10.1 Å². The van der Waals surface area contributed by atoms with E-state index in [1.165, 1.54) is 28.9 Å². The second-order valence-corrected chi connectivity index (χ2v) is 8.75. The van der Waals surface area contributed by atoms with E-state index in [1.807, 2.05) is 0 Å². The molecule has 0 unspecified atom stereocenters. The number of amides is 1. The lowest BCUT2D eigenvalue weighted by molar-refractivity contribution is 0.101. The molecule has 0 atom stereocenters. The minimum atomic E-state index is -3.62. The lowest BCUT2D eigenvalue weighted by atomic mass is 10.2. The first-order valence-corrected chi connectivity index (χ1v) is 10.4. The number of benzene rings is 2. The average Bonchev–Trinajstić information content (AvgIpc) is 3.36. The summed E-state index contributed by atoms with van der Waals surface area (Å²) < 4.78 is 42.0. The quantitative estimate of drug-likeness (QED) is 0.660. The number of aryl methyl sites for hydroxylation is 1. The van der Waals surface area contributed by atoms with Crippen LogP contribution in [-0.4, -0.2) is 30.1 Å². The molecule has 10 heteroatoms. The van der Waals surface area contributed by atoms with E-state index in [-0.39, 0.29) is 21.7 Å². The fraction of sp³-hybridized carbons (Fsp3) is 0.222. The molecular weight excluding hydrogens is 407 g/mol. The van der Waals surface area contributed by atoms with Crippen LogP contribution in [0.15, 0.2) is 41.3 Å². The van der Waals surface area contributed by atoms with Crippen molar-refractivity contribution in [3.63, 3.8) is 0 Å². The van der Waals surface area contributed by atoms with Crippen molar-refractivity contribution < 1.29 is 17.6 Å². The first-order valence-electron chi connectivity index (χ1n) is 8.50. The van der Waals surface area contributed by atoms with Crippen molar-refractivity contribution in [2.24, 2.45) is 7.05 Å². The molecular formula is C18H16ClFN4O3S. The highest BCUT2D eigenvalue weighted by Crippen LogP contribution is 2.26. The Labute approximate surface area is 165 Å². The van der Waals surface area contributed by atoms with Gasteiger partial charge in [0.2, 0.25) is 10.0 Å². The summed E-state index contributed by atoms with van der Waals surface area (Å²) in [6, 6.07) is 8.28. The zero-order valence-corrected chi connectivity index (χ0v) is 16.3. The number of rotatable bonds is 5. The average molecular weight is 423 g/mol. The maximum Gasteiger partial charge on any atom is 0.274 e. The topological polar surface area (TPSA) is 93.1 Å². The van der Waals surface area contributed by atoms with Crippen molar-refractivity contribution in [2.45, 2.75) is 23.8 Å². The van der Waals surface area contributed by atoms with E-state index in [2.05, 4.69) is 15.1 Å². The standard InChI is InChI=1S/C18H16ClFN4O3S/c1-24-17(18(25)21-11-4-7-15(20)14(19)8-11)13-6-5-12(9-16(13)22-24)28(26,27)23-10-2-3-10/h4-10,23H,2-3H2,1H3,(H,21,25). The van der Waals surface area contributed by atoms with Crippen LogP contribution in [0.25, 0.3) is 10.9 Å².